The normalized spacial score (nSPS) is 10.0. The Kier molecular flexibility index (Phi) is 6.21. The minimum atomic E-state index is -0.211. The second-order valence-electron chi connectivity index (χ2n) is 6.14. The summed E-state index contributed by atoms with van der Waals surface area (Å²) in [6, 6.07) is 27.2. The molecule has 3 aromatic rings. The summed E-state index contributed by atoms with van der Waals surface area (Å²) in [7, 11) is 0. The molecule has 1 amide bonds. The van der Waals surface area contributed by atoms with Crippen molar-refractivity contribution in [2.45, 2.75) is 12.8 Å². The molecule has 0 aromatic heterocycles. The molecule has 0 atom stereocenters. The lowest BCUT2D eigenvalue weighted by atomic mass is 10.0. The van der Waals surface area contributed by atoms with Crippen molar-refractivity contribution in [1.82, 2.24) is 0 Å². The summed E-state index contributed by atoms with van der Waals surface area (Å²) < 4.78 is 5.54. The molecule has 3 aromatic carbocycles. The van der Waals surface area contributed by atoms with Crippen molar-refractivity contribution in [3.8, 4) is 11.8 Å². The fourth-order valence-electron chi connectivity index (χ4n) is 2.74. The Morgan fingerprint density at radius 2 is 1.59 bits per heavy atom. The first-order valence-electron chi connectivity index (χ1n) is 8.75. The van der Waals surface area contributed by atoms with E-state index in [1.807, 2.05) is 54.6 Å². The number of benzene rings is 3. The van der Waals surface area contributed by atoms with E-state index in [1.165, 1.54) is 5.56 Å². The summed E-state index contributed by atoms with van der Waals surface area (Å²) in [5, 5.41) is 11.6. The molecule has 0 fully saturated rings. The summed E-state index contributed by atoms with van der Waals surface area (Å²) in [6.07, 6.45) is 1.11. The standard InChI is InChI=1S/C23H20N2O2/c24-15-14-18-10-12-21(13-11-18)27-17-23(26)25-22-9-5-4-8-20(22)16-19-6-2-1-3-7-19/h1-13H,14,16-17H2,(H,25,26). The van der Waals surface area contributed by atoms with Gasteiger partial charge >= 0.3 is 0 Å². The number of amides is 1. The van der Waals surface area contributed by atoms with Crippen molar-refractivity contribution in [3.05, 3.63) is 95.6 Å². The molecule has 0 radical (unpaired) electrons. The van der Waals surface area contributed by atoms with E-state index in [0.29, 0.717) is 12.2 Å². The van der Waals surface area contributed by atoms with E-state index < -0.39 is 0 Å². The van der Waals surface area contributed by atoms with Gasteiger partial charge in [0, 0.05) is 5.69 Å². The zero-order valence-corrected chi connectivity index (χ0v) is 14.9. The van der Waals surface area contributed by atoms with Crippen LogP contribution in [0.3, 0.4) is 0 Å². The van der Waals surface area contributed by atoms with E-state index in [-0.39, 0.29) is 12.5 Å². The molecule has 0 aliphatic rings. The average molecular weight is 356 g/mol. The van der Waals surface area contributed by atoms with Crippen molar-refractivity contribution in [2.24, 2.45) is 0 Å². The SMILES string of the molecule is N#CCc1ccc(OCC(=O)Nc2ccccc2Cc2ccccc2)cc1. The number of carbonyl (C=O) groups excluding carboxylic acids is 1. The Hall–Kier alpha value is -3.58. The monoisotopic (exact) mass is 356 g/mol. The lowest BCUT2D eigenvalue weighted by Crippen LogP contribution is -2.21. The highest BCUT2D eigenvalue weighted by Gasteiger charge is 2.08. The van der Waals surface area contributed by atoms with Crippen LogP contribution in [0.2, 0.25) is 0 Å². The Morgan fingerprint density at radius 3 is 2.33 bits per heavy atom. The van der Waals surface area contributed by atoms with Gasteiger partial charge in [0.05, 0.1) is 12.5 Å². The molecule has 0 spiro atoms. The number of nitrogens with one attached hydrogen (secondary N) is 1. The van der Waals surface area contributed by atoms with E-state index >= 15 is 0 Å². The van der Waals surface area contributed by atoms with E-state index in [1.54, 1.807) is 12.1 Å². The summed E-state index contributed by atoms with van der Waals surface area (Å²) in [6.45, 7) is -0.0722. The molecule has 3 rings (SSSR count). The zero-order chi connectivity index (χ0) is 18.9. The maximum absolute atomic E-state index is 12.3. The molecule has 0 aliphatic heterocycles. The van der Waals surface area contributed by atoms with Gasteiger partial charge in [-0.25, -0.2) is 0 Å². The Bertz CT molecular complexity index is 929. The average Bonchev–Trinajstić information content (AvgIpc) is 2.70. The maximum Gasteiger partial charge on any atom is 0.262 e. The van der Waals surface area contributed by atoms with Gasteiger partial charge in [-0.3, -0.25) is 4.79 Å². The van der Waals surface area contributed by atoms with Crippen LogP contribution in [0.15, 0.2) is 78.9 Å². The summed E-state index contributed by atoms with van der Waals surface area (Å²) in [5.41, 5.74) is 3.95. The third kappa shape index (κ3) is 5.45. The van der Waals surface area contributed by atoms with Gasteiger partial charge in [-0.05, 0) is 41.3 Å². The fraction of sp³-hybridized carbons (Fsp3) is 0.130. The number of para-hydroxylation sites is 1. The first kappa shape index (κ1) is 18.2. The van der Waals surface area contributed by atoms with Gasteiger partial charge in [0.1, 0.15) is 5.75 Å². The third-order valence-corrected chi connectivity index (χ3v) is 4.11. The Morgan fingerprint density at radius 1 is 0.889 bits per heavy atom. The van der Waals surface area contributed by atoms with Crippen LogP contribution < -0.4 is 10.1 Å². The van der Waals surface area contributed by atoms with Crippen molar-refractivity contribution < 1.29 is 9.53 Å². The number of carbonyl (C=O) groups is 1. The smallest absolute Gasteiger partial charge is 0.262 e. The summed E-state index contributed by atoms with van der Waals surface area (Å²) in [5.74, 6) is 0.390. The summed E-state index contributed by atoms with van der Waals surface area (Å²) >= 11 is 0. The number of rotatable bonds is 7. The first-order valence-corrected chi connectivity index (χ1v) is 8.75. The topological polar surface area (TPSA) is 62.1 Å². The molecule has 27 heavy (non-hydrogen) atoms. The molecule has 4 nitrogen and oxygen atoms in total. The van der Waals surface area contributed by atoms with Gasteiger partial charge < -0.3 is 10.1 Å². The molecule has 1 N–H and O–H groups in total. The van der Waals surface area contributed by atoms with Gasteiger partial charge in [0.2, 0.25) is 0 Å². The number of ether oxygens (including phenoxy) is 1. The highest BCUT2D eigenvalue weighted by atomic mass is 16.5. The van der Waals surface area contributed by atoms with Crippen LogP contribution in [0.25, 0.3) is 0 Å². The van der Waals surface area contributed by atoms with Gasteiger partial charge in [0.25, 0.3) is 5.91 Å². The van der Waals surface area contributed by atoms with E-state index in [9.17, 15) is 4.79 Å². The molecule has 0 bridgehead atoms. The molecule has 0 saturated heterocycles. The number of anilines is 1. The Balaban J connectivity index is 1.58. The van der Waals surface area contributed by atoms with E-state index in [4.69, 9.17) is 10.00 Å². The quantitative estimate of drug-likeness (QED) is 0.684. The van der Waals surface area contributed by atoms with Crippen LogP contribution in [0.4, 0.5) is 5.69 Å². The molecule has 4 heteroatoms. The largest absolute Gasteiger partial charge is 0.484 e. The van der Waals surface area contributed by atoms with Gasteiger partial charge in [0.15, 0.2) is 6.61 Å². The van der Waals surface area contributed by atoms with Crippen molar-refractivity contribution in [3.63, 3.8) is 0 Å². The molecular formula is C23H20N2O2. The molecule has 134 valence electrons. The second kappa shape index (κ2) is 9.21. The van der Waals surface area contributed by atoms with Crippen molar-refractivity contribution in [1.29, 1.82) is 5.26 Å². The third-order valence-electron chi connectivity index (χ3n) is 4.11. The highest BCUT2D eigenvalue weighted by molar-refractivity contribution is 5.92. The molecule has 0 unspecified atom stereocenters. The van der Waals surface area contributed by atoms with E-state index in [0.717, 1.165) is 23.2 Å². The molecule has 0 heterocycles. The minimum absolute atomic E-state index is 0.0722. The number of nitriles is 1. The van der Waals surface area contributed by atoms with Crippen LogP contribution in [0, 0.1) is 11.3 Å². The van der Waals surface area contributed by atoms with Crippen LogP contribution in [0.5, 0.6) is 5.75 Å². The predicted octanol–water partition coefficient (Wildman–Crippen LogP) is 4.36. The van der Waals surface area contributed by atoms with Crippen LogP contribution >= 0.6 is 0 Å². The number of hydrogen-bond acceptors (Lipinski definition) is 3. The van der Waals surface area contributed by atoms with Gasteiger partial charge in [-0.2, -0.15) is 5.26 Å². The van der Waals surface area contributed by atoms with Crippen LogP contribution in [-0.4, -0.2) is 12.5 Å². The highest BCUT2D eigenvalue weighted by Crippen LogP contribution is 2.19. The molecule has 0 saturated carbocycles. The first-order chi connectivity index (χ1) is 13.2. The van der Waals surface area contributed by atoms with E-state index in [2.05, 4.69) is 23.5 Å². The summed E-state index contributed by atoms with van der Waals surface area (Å²) in [4.78, 5) is 12.3. The van der Waals surface area contributed by atoms with Crippen molar-refractivity contribution >= 4 is 11.6 Å². The fourth-order valence-corrected chi connectivity index (χ4v) is 2.74. The molecule has 0 aliphatic carbocycles. The number of nitrogens with zero attached hydrogens (tertiary/aromatic N) is 1. The minimum Gasteiger partial charge on any atom is -0.484 e. The number of hydrogen-bond donors (Lipinski definition) is 1. The zero-order valence-electron chi connectivity index (χ0n) is 14.9. The maximum atomic E-state index is 12.3. The lowest BCUT2D eigenvalue weighted by molar-refractivity contribution is -0.118. The Labute approximate surface area is 159 Å². The van der Waals surface area contributed by atoms with Gasteiger partial charge in [-0.15, -0.1) is 0 Å². The lowest BCUT2D eigenvalue weighted by Gasteiger charge is -2.12. The predicted molar refractivity (Wildman–Crippen MR) is 106 cm³/mol. The second-order valence-corrected chi connectivity index (χ2v) is 6.14. The van der Waals surface area contributed by atoms with Crippen LogP contribution in [-0.2, 0) is 17.6 Å². The van der Waals surface area contributed by atoms with Crippen molar-refractivity contribution in [2.75, 3.05) is 11.9 Å². The van der Waals surface area contributed by atoms with Gasteiger partial charge in [-0.1, -0.05) is 60.7 Å². The molecular weight excluding hydrogens is 336 g/mol. The van der Waals surface area contributed by atoms with Crippen LogP contribution in [0.1, 0.15) is 16.7 Å².